The van der Waals surface area contributed by atoms with Crippen molar-refractivity contribution in [2.45, 2.75) is 71.3 Å². The molecule has 3 heterocycles. The van der Waals surface area contributed by atoms with Crippen molar-refractivity contribution in [3.63, 3.8) is 0 Å². The molecule has 0 atom stereocenters. The van der Waals surface area contributed by atoms with Crippen molar-refractivity contribution >= 4 is 28.8 Å². The molecule has 10 heteroatoms. The number of imidazole rings is 1. The summed E-state index contributed by atoms with van der Waals surface area (Å²) in [7, 11) is 0. The molecule has 38 heavy (non-hydrogen) atoms. The predicted octanol–water partition coefficient (Wildman–Crippen LogP) is 4.26. The molecule has 1 amide bonds. The first-order chi connectivity index (χ1) is 18.5. The van der Waals surface area contributed by atoms with Gasteiger partial charge in [0.25, 0.3) is 0 Å². The van der Waals surface area contributed by atoms with Crippen LogP contribution in [0, 0.1) is 0 Å². The number of hydrogen-bond donors (Lipinski definition) is 2. The maximum Gasteiger partial charge on any atom is 0.243 e. The highest BCUT2D eigenvalue weighted by Gasteiger charge is 2.21. The number of ketones is 1. The summed E-state index contributed by atoms with van der Waals surface area (Å²) in [6.07, 6.45) is 7.50. The Labute approximate surface area is 223 Å². The lowest BCUT2D eigenvalue weighted by Gasteiger charge is -2.27. The number of fused-ring (bicyclic) bond motifs is 1. The molecule has 0 unspecified atom stereocenters. The van der Waals surface area contributed by atoms with Crippen LogP contribution < -0.4 is 10.4 Å². The van der Waals surface area contributed by atoms with Crippen molar-refractivity contribution in [2.75, 3.05) is 31.2 Å². The van der Waals surface area contributed by atoms with Gasteiger partial charge in [-0.15, -0.1) is 0 Å². The molecule has 0 saturated carbocycles. The quantitative estimate of drug-likeness (QED) is 0.194. The summed E-state index contributed by atoms with van der Waals surface area (Å²) in [5, 5.41) is 8.52. The molecular formula is C28H38N6O4. The van der Waals surface area contributed by atoms with E-state index in [1.54, 1.807) is 5.48 Å². The zero-order chi connectivity index (χ0) is 26.9. The second-order valence-corrected chi connectivity index (χ2v) is 10.1. The second-order valence-electron chi connectivity index (χ2n) is 10.1. The van der Waals surface area contributed by atoms with Gasteiger partial charge >= 0.3 is 0 Å². The predicted molar refractivity (Wildman–Crippen MR) is 145 cm³/mol. The van der Waals surface area contributed by atoms with Gasteiger partial charge in [-0.2, -0.15) is 4.98 Å². The highest BCUT2D eigenvalue weighted by Crippen LogP contribution is 2.30. The first-order valence-corrected chi connectivity index (χ1v) is 13.6. The summed E-state index contributed by atoms with van der Waals surface area (Å²) in [4.78, 5) is 40.4. The van der Waals surface area contributed by atoms with Crippen molar-refractivity contribution in [3.05, 3.63) is 36.2 Å². The molecule has 0 bridgehead atoms. The SMILES string of the molecule is CC(C)n1cnc2c(-c3cccc(CC(=O)CCCCCCCC(=O)NO)c3)nc(N3CCOCC3)nc21. The number of nitrogens with zero attached hydrogens (tertiary/aromatic N) is 5. The Kier molecular flexibility index (Phi) is 9.78. The van der Waals surface area contributed by atoms with E-state index in [0.29, 0.717) is 38.4 Å². The van der Waals surface area contributed by atoms with Gasteiger partial charge < -0.3 is 14.2 Å². The van der Waals surface area contributed by atoms with Crippen molar-refractivity contribution in [3.8, 4) is 11.3 Å². The van der Waals surface area contributed by atoms with E-state index < -0.39 is 0 Å². The van der Waals surface area contributed by atoms with Crippen LogP contribution in [0.2, 0.25) is 0 Å². The van der Waals surface area contributed by atoms with Crippen LogP contribution in [0.3, 0.4) is 0 Å². The maximum absolute atomic E-state index is 12.7. The molecule has 1 aliphatic rings. The summed E-state index contributed by atoms with van der Waals surface area (Å²) >= 11 is 0. The molecule has 2 aromatic heterocycles. The number of carbonyl (C=O) groups is 2. The van der Waals surface area contributed by atoms with E-state index in [9.17, 15) is 9.59 Å². The Balaban J connectivity index is 1.44. The van der Waals surface area contributed by atoms with Gasteiger partial charge in [0.2, 0.25) is 11.9 Å². The monoisotopic (exact) mass is 522 g/mol. The third kappa shape index (κ3) is 7.14. The minimum absolute atomic E-state index is 0.212. The van der Waals surface area contributed by atoms with Crippen LogP contribution >= 0.6 is 0 Å². The number of aromatic nitrogens is 4. The number of Topliss-reactive ketones (excluding diaryl/α,β-unsaturated/α-hetero) is 1. The number of unbranched alkanes of at least 4 members (excludes halogenated alkanes) is 4. The Morgan fingerprint density at radius 3 is 2.53 bits per heavy atom. The maximum atomic E-state index is 12.7. The van der Waals surface area contributed by atoms with E-state index >= 15 is 0 Å². The number of amides is 1. The fourth-order valence-electron chi connectivity index (χ4n) is 4.73. The normalized spacial score (nSPS) is 13.8. The lowest BCUT2D eigenvalue weighted by Crippen LogP contribution is -2.37. The van der Waals surface area contributed by atoms with Gasteiger partial charge in [0.15, 0.2) is 5.65 Å². The summed E-state index contributed by atoms with van der Waals surface area (Å²) in [6.45, 7) is 7.01. The minimum Gasteiger partial charge on any atom is -0.378 e. The van der Waals surface area contributed by atoms with Crippen LogP contribution in [-0.2, 0) is 20.7 Å². The largest absolute Gasteiger partial charge is 0.378 e. The summed E-state index contributed by atoms with van der Waals surface area (Å²) in [5.74, 6) is 0.542. The van der Waals surface area contributed by atoms with E-state index in [-0.39, 0.29) is 17.7 Å². The topological polar surface area (TPSA) is 122 Å². The van der Waals surface area contributed by atoms with Crippen molar-refractivity contribution < 1.29 is 19.5 Å². The molecule has 4 rings (SSSR count). The van der Waals surface area contributed by atoms with Crippen LogP contribution in [0.5, 0.6) is 0 Å². The first-order valence-electron chi connectivity index (χ1n) is 13.6. The van der Waals surface area contributed by atoms with Crippen molar-refractivity contribution in [2.24, 2.45) is 0 Å². The van der Waals surface area contributed by atoms with E-state index in [0.717, 1.165) is 73.2 Å². The molecule has 0 aliphatic carbocycles. The number of carbonyl (C=O) groups excluding carboxylic acids is 2. The summed E-state index contributed by atoms with van der Waals surface area (Å²) in [5.41, 5.74) is 5.89. The highest BCUT2D eigenvalue weighted by molar-refractivity contribution is 5.89. The fraction of sp³-hybridized carbons (Fsp3) is 0.536. The lowest BCUT2D eigenvalue weighted by atomic mass is 10.0. The number of benzene rings is 1. The molecule has 1 saturated heterocycles. The number of hydroxylamine groups is 1. The zero-order valence-corrected chi connectivity index (χ0v) is 22.4. The van der Waals surface area contributed by atoms with Gasteiger partial charge in [0.05, 0.1) is 19.5 Å². The number of anilines is 1. The Morgan fingerprint density at radius 2 is 1.79 bits per heavy atom. The van der Waals surface area contributed by atoms with Gasteiger partial charge in [0.1, 0.15) is 17.0 Å². The Morgan fingerprint density at radius 1 is 1.05 bits per heavy atom. The molecular weight excluding hydrogens is 484 g/mol. The molecule has 1 aliphatic heterocycles. The number of nitrogens with one attached hydrogen (secondary N) is 1. The van der Waals surface area contributed by atoms with Gasteiger partial charge in [0, 0.05) is 44.0 Å². The van der Waals surface area contributed by atoms with E-state index in [1.165, 1.54) is 0 Å². The minimum atomic E-state index is -0.351. The van der Waals surface area contributed by atoms with Gasteiger partial charge in [-0.25, -0.2) is 15.4 Å². The molecule has 2 N–H and O–H groups in total. The van der Waals surface area contributed by atoms with Crippen LogP contribution in [-0.4, -0.2) is 62.7 Å². The van der Waals surface area contributed by atoms with Crippen LogP contribution in [0.1, 0.15) is 70.4 Å². The zero-order valence-electron chi connectivity index (χ0n) is 22.4. The molecule has 1 aromatic carbocycles. The third-order valence-corrected chi connectivity index (χ3v) is 6.85. The number of rotatable bonds is 13. The third-order valence-electron chi connectivity index (χ3n) is 6.85. The Bertz CT molecular complexity index is 1240. The molecule has 3 aromatic rings. The van der Waals surface area contributed by atoms with Crippen LogP contribution in [0.4, 0.5) is 5.95 Å². The standard InChI is InChI=1S/C28H38N6O4/c1-20(2)34-19-29-26-25(30-28(31-27(26)34)33-13-15-38-16-14-33)22-10-8-9-21(17-22)18-23(35)11-6-4-3-5-7-12-24(36)32-37/h8-10,17,19-20,37H,3-7,11-16,18H2,1-2H3,(H,32,36). The smallest absolute Gasteiger partial charge is 0.243 e. The van der Waals surface area contributed by atoms with E-state index in [1.807, 2.05) is 30.6 Å². The molecule has 0 radical (unpaired) electrons. The average molecular weight is 523 g/mol. The number of morpholine rings is 1. The van der Waals surface area contributed by atoms with E-state index in [2.05, 4.69) is 28.3 Å². The average Bonchev–Trinajstić information content (AvgIpc) is 3.37. The summed E-state index contributed by atoms with van der Waals surface area (Å²) < 4.78 is 7.59. The second kappa shape index (κ2) is 13.4. The number of hydrogen-bond acceptors (Lipinski definition) is 8. The van der Waals surface area contributed by atoms with E-state index in [4.69, 9.17) is 19.9 Å². The molecule has 204 valence electrons. The molecule has 1 fully saturated rings. The molecule has 10 nitrogen and oxygen atoms in total. The first kappa shape index (κ1) is 27.7. The summed E-state index contributed by atoms with van der Waals surface area (Å²) in [6, 6.07) is 8.24. The van der Waals surface area contributed by atoms with Crippen molar-refractivity contribution in [1.29, 1.82) is 0 Å². The number of ether oxygens (including phenoxy) is 1. The van der Waals surface area contributed by atoms with Gasteiger partial charge in [-0.3, -0.25) is 14.8 Å². The van der Waals surface area contributed by atoms with Crippen molar-refractivity contribution in [1.82, 2.24) is 25.0 Å². The molecule has 0 spiro atoms. The highest BCUT2D eigenvalue weighted by atomic mass is 16.5. The van der Waals surface area contributed by atoms with Crippen LogP contribution in [0.25, 0.3) is 22.4 Å². The van der Waals surface area contributed by atoms with Crippen LogP contribution in [0.15, 0.2) is 30.6 Å². The van der Waals surface area contributed by atoms with Gasteiger partial charge in [-0.1, -0.05) is 37.5 Å². The lowest BCUT2D eigenvalue weighted by molar-refractivity contribution is -0.129. The van der Waals surface area contributed by atoms with Gasteiger partial charge in [-0.05, 0) is 38.3 Å². The fourth-order valence-corrected chi connectivity index (χ4v) is 4.73. The Hall–Kier alpha value is -3.37.